The number of hydrogen-bond donors (Lipinski definition) is 3. The van der Waals surface area contributed by atoms with Crippen LogP contribution < -0.4 is 10.6 Å². The molecule has 1 aliphatic carbocycles. The molecule has 1 unspecified atom stereocenters. The lowest BCUT2D eigenvalue weighted by molar-refractivity contribution is -0.137. The predicted octanol–water partition coefficient (Wildman–Crippen LogP) is 3.69. The molecule has 9 nitrogen and oxygen atoms in total. The van der Waals surface area contributed by atoms with Gasteiger partial charge in [-0.1, -0.05) is 48.5 Å². The summed E-state index contributed by atoms with van der Waals surface area (Å²) in [7, 11) is 0. The largest absolute Gasteiger partial charge is 0.481 e. The number of nitrogens with one attached hydrogen (secondary N) is 2. The van der Waals surface area contributed by atoms with E-state index in [9.17, 15) is 14.4 Å². The third-order valence-electron chi connectivity index (χ3n) is 5.45. The Morgan fingerprint density at radius 3 is 2.30 bits per heavy atom. The Hall–Kier alpha value is -4.14. The Morgan fingerprint density at radius 1 is 1.09 bits per heavy atom. The third-order valence-corrected chi connectivity index (χ3v) is 5.45. The van der Waals surface area contributed by atoms with E-state index in [2.05, 4.69) is 15.6 Å². The topological polar surface area (TPSA) is 131 Å². The number of amides is 2. The van der Waals surface area contributed by atoms with E-state index in [1.54, 1.807) is 6.92 Å². The molecule has 0 fully saturated rings. The molecule has 33 heavy (non-hydrogen) atoms. The monoisotopic (exact) mass is 449 g/mol. The molecule has 3 aromatic rings. The second-order valence-electron chi connectivity index (χ2n) is 7.74. The number of carbonyl (C=O) groups is 3. The normalized spacial score (nSPS) is 13.0. The molecule has 9 heteroatoms. The van der Waals surface area contributed by atoms with E-state index in [1.165, 1.54) is 6.26 Å². The van der Waals surface area contributed by atoms with E-state index in [4.69, 9.17) is 14.3 Å². The number of aryl methyl sites for hydroxylation is 1. The van der Waals surface area contributed by atoms with Crippen LogP contribution in [0.2, 0.25) is 0 Å². The molecule has 3 N–H and O–H groups in total. The van der Waals surface area contributed by atoms with Crippen molar-refractivity contribution in [1.82, 2.24) is 10.3 Å². The van der Waals surface area contributed by atoms with Crippen LogP contribution in [-0.4, -0.2) is 40.7 Å². The second-order valence-corrected chi connectivity index (χ2v) is 7.74. The Labute approximate surface area is 189 Å². The number of fused-ring (bicyclic) bond motifs is 3. The summed E-state index contributed by atoms with van der Waals surface area (Å²) < 4.78 is 10.6. The number of benzene rings is 2. The van der Waals surface area contributed by atoms with E-state index in [-0.39, 0.29) is 31.4 Å². The lowest BCUT2D eigenvalue weighted by Crippen LogP contribution is -2.44. The smallest absolute Gasteiger partial charge is 0.407 e. The quantitative estimate of drug-likeness (QED) is 0.478. The van der Waals surface area contributed by atoms with Gasteiger partial charge in [0.25, 0.3) is 5.91 Å². The van der Waals surface area contributed by atoms with Crippen LogP contribution in [-0.2, 0) is 14.3 Å². The number of ether oxygens (including phenoxy) is 1. The molecule has 1 aliphatic rings. The Kier molecular flexibility index (Phi) is 6.39. The van der Waals surface area contributed by atoms with Crippen LogP contribution in [0.25, 0.3) is 11.1 Å². The highest BCUT2D eigenvalue weighted by Gasteiger charge is 2.30. The molecule has 2 amide bonds. The van der Waals surface area contributed by atoms with E-state index >= 15 is 0 Å². The molecule has 4 rings (SSSR count). The fourth-order valence-corrected chi connectivity index (χ4v) is 3.92. The van der Waals surface area contributed by atoms with Crippen LogP contribution in [0.3, 0.4) is 0 Å². The van der Waals surface area contributed by atoms with Crippen molar-refractivity contribution >= 4 is 24.0 Å². The first-order chi connectivity index (χ1) is 15.9. The van der Waals surface area contributed by atoms with Gasteiger partial charge in [-0.15, -0.1) is 0 Å². The van der Waals surface area contributed by atoms with Crippen LogP contribution in [0, 0.1) is 6.92 Å². The van der Waals surface area contributed by atoms with Gasteiger partial charge in [0, 0.05) is 12.3 Å². The van der Waals surface area contributed by atoms with Crippen LogP contribution in [0.15, 0.2) is 59.2 Å². The predicted molar refractivity (Wildman–Crippen MR) is 119 cm³/mol. The minimum absolute atomic E-state index is 0.0350. The first-order valence-electron chi connectivity index (χ1n) is 10.5. The Balaban J connectivity index is 1.42. The molecule has 1 heterocycles. The summed E-state index contributed by atoms with van der Waals surface area (Å²) >= 11 is 0. The second kappa shape index (κ2) is 9.56. The number of aliphatic carboxylic acids is 1. The molecule has 0 saturated heterocycles. The van der Waals surface area contributed by atoms with Gasteiger partial charge in [-0.25, -0.2) is 4.79 Å². The maximum absolute atomic E-state index is 12.6. The summed E-state index contributed by atoms with van der Waals surface area (Å²) in [6.07, 6.45) is 0.115. The lowest BCUT2D eigenvalue weighted by Gasteiger charge is -2.18. The Bertz CT molecular complexity index is 1140. The van der Waals surface area contributed by atoms with Gasteiger partial charge in [-0.05, 0) is 35.6 Å². The number of carboxylic acid groups (broad SMARTS) is 1. The molecular formula is C24H23N3O6. The van der Waals surface area contributed by atoms with Gasteiger partial charge in [0.15, 0.2) is 0 Å². The average Bonchev–Trinajstić information content (AvgIpc) is 3.35. The molecule has 0 aliphatic heterocycles. The molecule has 170 valence electrons. The van der Waals surface area contributed by atoms with Gasteiger partial charge < -0.3 is 19.6 Å². The molecule has 2 aromatic carbocycles. The lowest BCUT2D eigenvalue weighted by atomic mass is 9.98. The van der Waals surface area contributed by atoms with Gasteiger partial charge >= 0.3 is 18.1 Å². The van der Waals surface area contributed by atoms with Crippen molar-refractivity contribution in [3.8, 4) is 11.1 Å². The van der Waals surface area contributed by atoms with Crippen molar-refractivity contribution in [3.05, 3.63) is 71.6 Å². The molecule has 0 radical (unpaired) electrons. The maximum Gasteiger partial charge on any atom is 0.407 e. The van der Waals surface area contributed by atoms with Crippen molar-refractivity contribution in [3.63, 3.8) is 0 Å². The molecule has 0 spiro atoms. The van der Waals surface area contributed by atoms with E-state index in [0.29, 0.717) is 5.69 Å². The summed E-state index contributed by atoms with van der Waals surface area (Å²) in [5.41, 5.74) is 4.89. The standard InChI is InChI=1S/C24H23N3O6/c1-14-12-32-23(25-14)27-22(30)20(10-11-21(28)29)26-24(31)33-13-19-17-8-4-2-6-15(17)16-7-3-5-9-18(16)19/h2-9,12,19-20H,10-11,13H2,1H3,(H,26,31)(H,28,29)(H,25,27,30). The zero-order valence-electron chi connectivity index (χ0n) is 17.9. The number of hydrogen-bond acceptors (Lipinski definition) is 6. The SMILES string of the molecule is Cc1coc(NC(=O)C(CCC(=O)O)NC(=O)OCC2c3ccccc3-c3ccccc32)n1. The van der Waals surface area contributed by atoms with Crippen molar-refractivity contribution in [2.24, 2.45) is 0 Å². The zero-order chi connectivity index (χ0) is 23.4. The number of aromatic nitrogens is 1. The summed E-state index contributed by atoms with van der Waals surface area (Å²) in [5.74, 6) is -1.87. The summed E-state index contributed by atoms with van der Waals surface area (Å²) in [4.78, 5) is 40.1. The van der Waals surface area contributed by atoms with E-state index in [1.807, 2.05) is 48.5 Å². The Morgan fingerprint density at radius 2 is 1.73 bits per heavy atom. The summed E-state index contributed by atoms with van der Waals surface area (Å²) in [5, 5.41) is 13.9. The number of anilines is 1. The average molecular weight is 449 g/mol. The fraction of sp³-hybridized carbons (Fsp3) is 0.250. The number of carbonyl (C=O) groups excluding carboxylic acids is 2. The van der Waals surface area contributed by atoms with Crippen LogP contribution in [0.5, 0.6) is 0 Å². The molecule has 0 saturated carbocycles. The molecule has 1 atom stereocenters. The summed E-state index contributed by atoms with van der Waals surface area (Å²) in [6, 6.07) is 14.7. The van der Waals surface area contributed by atoms with E-state index < -0.39 is 24.0 Å². The molecular weight excluding hydrogens is 426 g/mol. The number of alkyl carbamates (subject to hydrolysis) is 1. The minimum Gasteiger partial charge on any atom is -0.481 e. The van der Waals surface area contributed by atoms with Gasteiger partial charge in [0.05, 0.1) is 5.69 Å². The highest BCUT2D eigenvalue weighted by atomic mass is 16.5. The van der Waals surface area contributed by atoms with Crippen molar-refractivity contribution in [2.45, 2.75) is 31.7 Å². The van der Waals surface area contributed by atoms with Crippen molar-refractivity contribution in [1.29, 1.82) is 0 Å². The van der Waals surface area contributed by atoms with Gasteiger partial charge in [0.1, 0.15) is 18.9 Å². The van der Waals surface area contributed by atoms with Crippen LogP contribution in [0.1, 0.15) is 35.6 Å². The van der Waals surface area contributed by atoms with Gasteiger partial charge in [-0.2, -0.15) is 4.98 Å². The fourth-order valence-electron chi connectivity index (χ4n) is 3.92. The van der Waals surface area contributed by atoms with Crippen LogP contribution in [0.4, 0.5) is 10.8 Å². The van der Waals surface area contributed by atoms with Crippen molar-refractivity contribution < 1.29 is 28.6 Å². The third kappa shape index (κ3) is 5.03. The van der Waals surface area contributed by atoms with E-state index in [0.717, 1.165) is 22.3 Å². The van der Waals surface area contributed by atoms with Gasteiger partial charge in [0.2, 0.25) is 0 Å². The molecule has 1 aromatic heterocycles. The first-order valence-corrected chi connectivity index (χ1v) is 10.5. The number of nitrogens with zero attached hydrogens (tertiary/aromatic N) is 1. The minimum atomic E-state index is -1.14. The highest BCUT2D eigenvalue weighted by molar-refractivity contribution is 5.95. The number of rotatable bonds is 8. The van der Waals surface area contributed by atoms with Crippen LogP contribution >= 0.6 is 0 Å². The molecule has 0 bridgehead atoms. The first kappa shape index (κ1) is 22.1. The van der Waals surface area contributed by atoms with Crippen molar-refractivity contribution in [2.75, 3.05) is 11.9 Å². The zero-order valence-corrected chi connectivity index (χ0v) is 17.9. The number of carboxylic acids is 1. The maximum atomic E-state index is 12.6. The summed E-state index contributed by atoms with van der Waals surface area (Å²) in [6.45, 7) is 1.77. The highest BCUT2D eigenvalue weighted by Crippen LogP contribution is 2.44. The number of oxazole rings is 1. The van der Waals surface area contributed by atoms with Gasteiger partial charge in [-0.3, -0.25) is 14.9 Å².